The number of hydrogen-bond donors (Lipinski definition) is 1. The molecular weight excluding hydrogens is 320 g/mol. The van der Waals surface area contributed by atoms with E-state index in [1.165, 1.54) is 7.11 Å². The van der Waals surface area contributed by atoms with Crippen molar-refractivity contribution >= 4 is 32.9 Å². The van der Waals surface area contributed by atoms with E-state index in [0.717, 1.165) is 20.9 Å². The number of aromatic amines is 1. The topological polar surface area (TPSA) is 45.3 Å². The molecule has 0 radical (unpaired) electrons. The van der Waals surface area contributed by atoms with Crippen LogP contribution in [0.2, 0.25) is 0 Å². The molecule has 0 aliphatic rings. The third-order valence-corrected chi connectivity index (χ3v) is 3.76. The summed E-state index contributed by atoms with van der Waals surface area (Å²) in [6.45, 7) is 6.50. The van der Waals surface area contributed by atoms with Gasteiger partial charge in [0.25, 0.3) is 0 Å². The highest BCUT2D eigenvalue weighted by atomic mass is 79.9. The number of nitrogens with one attached hydrogen (secondary N) is 1. The number of H-pyrrole nitrogens is 1. The van der Waals surface area contributed by atoms with Crippen LogP contribution in [0.15, 0.2) is 28.9 Å². The van der Waals surface area contributed by atoms with E-state index in [0.29, 0.717) is 6.54 Å². The molecule has 4 nitrogen and oxygen atoms in total. The van der Waals surface area contributed by atoms with Gasteiger partial charge in [0, 0.05) is 27.1 Å². The van der Waals surface area contributed by atoms with Crippen LogP contribution in [0.1, 0.15) is 26.3 Å². The van der Waals surface area contributed by atoms with E-state index in [4.69, 9.17) is 4.74 Å². The van der Waals surface area contributed by atoms with Gasteiger partial charge in [-0.2, -0.15) is 0 Å². The fourth-order valence-corrected chi connectivity index (χ4v) is 2.51. The fraction of sp³-hybridized carbons (Fsp3) is 0.400. The molecule has 0 atom stereocenters. The number of carbonyl (C=O) groups is 1. The van der Waals surface area contributed by atoms with E-state index < -0.39 is 0 Å². The van der Waals surface area contributed by atoms with Gasteiger partial charge in [0.2, 0.25) is 0 Å². The van der Waals surface area contributed by atoms with Gasteiger partial charge >= 0.3 is 6.09 Å². The highest BCUT2D eigenvalue weighted by molar-refractivity contribution is 9.10. The first-order valence-corrected chi connectivity index (χ1v) is 7.23. The summed E-state index contributed by atoms with van der Waals surface area (Å²) in [4.78, 5) is 16.9. The quantitative estimate of drug-likeness (QED) is 0.887. The Hall–Kier alpha value is -1.49. The summed E-state index contributed by atoms with van der Waals surface area (Å²) >= 11 is 3.45. The number of benzene rings is 1. The first-order valence-electron chi connectivity index (χ1n) is 6.44. The van der Waals surface area contributed by atoms with Gasteiger partial charge < -0.3 is 9.72 Å². The van der Waals surface area contributed by atoms with Gasteiger partial charge in [-0.1, -0.05) is 22.0 Å². The normalized spacial score (nSPS) is 11.7. The number of rotatable bonds is 2. The van der Waals surface area contributed by atoms with E-state index in [2.05, 4.69) is 20.9 Å². The Morgan fingerprint density at radius 3 is 2.70 bits per heavy atom. The molecular formula is C15H19BrN2O2. The Morgan fingerprint density at radius 2 is 2.10 bits per heavy atom. The molecule has 5 heteroatoms. The van der Waals surface area contributed by atoms with Crippen molar-refractivity contribution < 1.29 is 9.53 Å². The molecule has 20 heavy (non-hydrogen) atoms. The van der Waals surface area contributed by atoms with Crippen LogP contribution in [-0.4, -0.2) is 28.6 Å². The average molecular weight is 339 g/mol. The van der Waals surface area contributed by atoms with Crippen molar-refractivity contribution in [3.8, 4) is 0 Å². The van der Waals surface area contributed by atoms with Crippen molar-refractivity contribution in [1.82, 2.24) is 9.88 Å². The lowest BCUT2D eigenvalue weighted by Gasteiger charge is -2.34. The number of hydrogen-bond acceptors (Lipinski definition) is 2. The molecule has 0 unspecified atom stereocenters. The largest absolute Gasteiger partial charge is 0.453 e. The lowest BCUT2D eigenvalue weighted by atomic mass is 10.0. The molecule has 2 aromatic rings. The van der Waals surface area contributed by atoms with E-state index in [1.807, 2.05) is 45.2 Å². The van der Waals surface area contributed by atoms with Crippen molar-refractivity contribution in [3.05, 3.63) is 34.4 Å². The standard InChI is InChI=1S/C15H19BrN2O2/c1-15(2,3)18(14(19)20-4)9-10-8-17-13-7-11(16)5-6-12(10)13/h5-8,17H,9H2,1-4H3. The Bertz CT molecular complexity index is 628. The molecule has 1 amide bonds. The highest BCUT2D eigenvalue weighted by Gasteiger charge is 2.27. The van der Waals surface area contributed by atoms with Gasteiger partial charge in [-0.3, -0.25) is 4.90 Å². The lowest BCUT2D eigenvalue weighted by molar-refractivity contribution is 0.0795. The maximum absolute atomic E-state index is 12.0. The third kappa shape index (κ3) is 2.98. The molecule has 0 saturated heterocycles. The molecule has 1 N–H and O–H groups in total. The summed E-state index contributed by atoms with van der Waals surface area (Å²) < 4.78 is 5.92. The minimum absolute atomic E-state index is 0.300. The molecule has 0 saturated carbocycles. The minimum atomic E-state index is -0.316. The maximum atomic E-state index is 12.0. The molecule has 0 aliphatic heterocycles. The molecule has 1 aromatic carbocycles. The summed E-state index contributed by atoms with van der Waals surface area (Å²) in [5.41, 5.74) is 1.83. The molecule has 0 fully saturated rings. The third-order valence-electron chi connectivity index (χ3n) is 3.26. The minimum Gasteiger partial charge on any atom is -0.453 e. The fourth-order valence-electron chi connectivity index (χ4n) is 2.15. The number of methoxy groups -OCH3 is 1. The van der Waals surface area contributed by atoms with Crippen LogP contribution in [0.4, 0.5) is 4.79 Å². The number of nitrogens with zero attached hydrogens (tertiary/aromatic N) is 1. The van der Waals surface area contributed by atoms with E-state index in [-0.39, 0.29) is 11.6 Å². The van der Waals surface area contributed by atoms with Crippen LogP contribution < -0.4 is 0 Å². The van der Waals surface area contributed by atoms with Crippen molar-refractivity contribution in [2.75, 3.05) is 7.11 Å². The van der Waals surface area contributed by atoms with Gasteiger partial charge in [-0.05, 0) is 38.5 Å². The second-order valence-electron chi connectivity index (χ2n) is 5.73. The second-order valence-corrected chi connectivity index (χ2v) is 6.65. The molecule has 0 spiro atoms. The van der Waals surface area contributed by atoms with Gasteiger partial charge in [0.05, 0.1) is 13.7 Å². The smallest absolute Gasteiger partial charge is 0.410 e. The Labute approximate surface area is 127 Å². The zero-order valence-electron chi connectivity index (χ0n) is 12.2. The molecule has 108 valence electrons. The van der Waals surface area contributed by atoms with Crippen LogP contribution >= 0.6 is 15.9 Å². The molecule has 2 rings (SSSR count). The zero-order valence-corrected chi connectivity index (χ0v) is 13.7. The predicted octanol–water partition coefficient (Wildman–Crippen LogP) is 4.30. The first-order chi connectivity index (χ1) is 9.32. The molecule has 0 bridgehead atoms. The maximum Gasteiger partial charge on any atom is 0.410 e. The Balaban J connectivity index is 2.36. The number of fused-ring (bicyclic) bond motifs is 1. The SMILES string of the molecule is COC(=O)N(Cc1c[nH]c2cc(Br)ccc12)C(C)(C)C. The van der Waals surface area contributed by atoms with Crippen LogP contribution in [0, 0.1) is 0 Å². The Morgan fingerprint density at radius 1 is 1.40 bits per heavy atom. The van der Waals surface area contributed by atoms with Crippen LogP contribution in [0.3, 0.4) is 0 Å². The van der Waals surface area contributed by atoms with Crippen LogP contribution in [0.25, 0.3) is 10.9 Å². The van der Waals surface area contributed by atoms with E-state index in [9.17, 15) is 4.79 Å². The predicted molar refractivity (Wildman–Crippen MR) is 83.7 cm³/mol. The van der Waals surface area contributed by atoms with Crippen molar-refractivity contribution in [2.24, 2.45) is 0 Å². The summed E-state index contributed by atoms with van der Waals surface area (Å²) in [5, 5.41) is 1.12. The summed E-state index contributed by atoms with van der Waals surface area (Å²) in [6.07, 6.45) is 1.63. The van der Waals surface area contributed by atoms with E-state index >= 15 is 0 Å². The number of ether oxygens (including phenoxy) is 1. The number of carbonyl (C=O) groups excluding carboxylic acids is 1. The second kappa shape index (κ2) is 5.48. The summed E-state index contributed by atoms with van der Waals surface area (Å²) in [5.74, 6) is 0. The number of halogens is 1. The molecule has 1 heterocycles. The monoisotopic (exact) mass is 338 g/mol. The Kier molecular flexibility index (Phi) is 4.09. The van der Waals surface area contributed by atoms with Crippen molar-refractivity contribution in [2.45, 2.75) is 32.9 Å². The average Bonchev–Trinajstić information content (AvgIpc) is 2.75. The van der Waals surface area contributed by atoms with Crippen LogP contribution in [0.5, 0.6) is 0 Å². The zero-order chi connectivity index (χ0) is 14.9. The number of amides is 1. The molecule has 1 aromatic heterocycles. The van der Waals surface area contributed by atoms with Gasteiger partial charge in [-0.15, -0.1) is 0 Å². The van der Waals surface area contributed by atoms with Gasteiger partial charge in [0.15, 0.2) is 0 Å². The first kappa shape index (κ1) is 14.9. The molecule has 0 aliphatic carbocycles. The van der Waals surface area contributed by atoms with Gasteiger partial charge in [-0.25, -0.2) is 4.79 Å². The summed E-state index contributed by atoms with van der Waals surface area (Å²) in [7, 11) is 1.41. The summed E-state index contributed by atoms with van der Waals surface area (Å²) in [6, 6.07) is 6.07. The lowest BCUT2D eigenvalue weighted by Crippen LogP contribution is -2.44. The van der Waals surface area contributed by atoms with Gasteiger partial charge in [0.1, 0.15) is 0 Å². The number of aromatic nitrogens is 1. The van der Waals surface area contributed by atoms with E-state index in [1.54, 1.807) is 4.90 Å². The van der Waals surface area contributed by atoms with Crippen molar-refractivity contribution in [3.63, 3.8) is 0 Å². The highest BCUT2D eigenvalue weighted by Crippen LogP contribution is 2.26. The van der Waals surface area contributed by atoms with Crippen molar-refractivity contribution in [1.29, 1.82) is 0 Å². The van der Waals surface area contributed by atoms with Crippen LogP contribution in [-0.2, 0) is 11.3 Å².